The maximum Gasteiger partial charge on any atom is 0.0223 e. The highest BCUT2D eigenvalue weighted by molar-refractivity contribution is 4.90. The van der Waals surface area contributed by atoms with Crippen LogP contribution in [-0.2, 0) is 0 Å². The van der Waals surface area contributed by atoms with Gasteiger partial charge in [0.15, 0.2) is 0 Å². The van der Waals surface area contributed by atoms with Crippen molar-refractivity contribution in [2.24, 2.45) is 5.92 Å². The van der Waals surface area contributed by atoms with Gasteiger partial charge in [0, 0.05) is 25.2 Å². The predicted octanol–water partition coefficient (Wildman–Crippen LogP) is 1.40. The zero-order chi connectivity index (χ0) is 12.3. The molecule has 2 unspecified atom stereocenters. The molecule has 17 heavy (non-hydrogen) atoms. The minimum atomic E-state index is 0.751. The molecule has 1 saturated carbocycles. The minimum Gasteiger partial charge on any atom is -0.313 e. The molecule has 100 valence electrons. The van der Waals surface area contributed by atoms with Crippen LogP contribution in [0.2, 0.25) is 0 Å². The molecule has 2 rings (SSSR count). The van der Waals surface area contributed by atoms with E-state index in [0.29, 0.717) is 0 Å². The molecule has 2 atom stereocenters. The van der Waals surface area contributed by atoms with Crippen molar-refractivity contribution in [3.8, 4) is 0 Å². The smallest absolute Gasteiger partial charge is 0.0223 e. The van der Waals surface area contributed by atoms with Crippen LogP contribution in [0.15, 0.2) is 0 Å². The molecule has 3 nitrogen and oxygen atoms in total. The van der Waals surface area contributed by atoms with E-state index in [1.54, 1.807) is 0 Å². The Balaban J connectivity index is 1.80. The topological polar surface area (TPSA) is 18.5 Å². The molecule has 0 aromatic rings. The fourth-order valence-corrected chi connectivity index (χ4v) is 3.04. The third-order valence-corrected chi connectivity index (χ3v) is 4.32. The normalized spacial score (nSPS) is 28.6. The third kappa shape index (κ3) is 3.94. The van der Waals surface area contributed by atoms with Crippen LogP contribution in [-0.4, -0.2) is 62.2 Å². The summed E-state index contributed by atoms with van der Waals surface area (Å²) in [4.78, 5) is 5.07. The van der Waals surface area contributed by atoms with Crippen molar-refractivity contribution in [3.63, 3.8) is 0 Å². The van der Waals surface area contributed by atoms with E-state index in [0.717, 1.165) is 24.5 Å². The van der Waals surface area contributed by atoms with Gasteiger partial charge in [0.2, 0.25) is 0 Å². The Labute approximate surface area is 107 Å². The Hall–Kier alpha value is -0.120. The van der Waals surface area contributed by atoms with Gasteiger partial charge >= 0.3 is 0 Å². The van der Waals surface area contributed by atoms with Gasteiger partial charge in [0.1, 0.15) is 0 Å². The molecule has 0 aromatic carbocycles. The van der Waals surface area contributed by atoms with Gasteiger partial charge in [-0.15, -0.1) is 0 Å². The predicted molar refractivity (Wildman–Crippen MR) is 73.3 cm³/mol. The van der Waals surface area contributed by atoms with Crippen molar-refractivity contribution < 1.29 is 0 Å². The van der Waals surface area contributed by atoms with Crippen LogP contribution in [0.1, 0.15) is 32.6 Å². The number of hydrogen-bond donors (Lipinski definition) is 1. The highest BCUT2D eigenvalue weighted by atomic mass is 15.2. The van der Waals surface area contributed by atoms with Gasteiger partial charge in [-0.1, -0.05) is 6.92 Å². The number of piperidine rings is 1. The summed E-state index contributed by atoms with van der Waals surface area (Å²) in [6, 6.07) is 1.52. The number of nitrogens with one attached hydrogen (secondary N) is 1. The number of likely N-dealkylation sites (tertiary alicyclic amines) is 1. The molecular weight excluding hydrogens is 210 g/mol. The van der Waals surface area contributed by atoms with Gasteiger partial charge in [-0.2, -0.15) is 0 Å². The van der Waals surface area contributed by atoms with E-state index in [-0.39, 0.29) is 0 Å². The second-order valence-corrected chi connectivity index (χ2v) is 6.02. The molecule has 0 spiro atoms. The van der Waals surface area contributed by atoms with Gasteiger partial charge in [0.25, 0.3) is 0 Å². The Morgan fingerprint density at radius 2 is 2.06 bits per heavy atom. The highest BCUT2D eigenvalue weighted by Crippen LogP contribution is 2.33. The number of hydrogen-bond acceptors (Lipinski definition) is 3. The zero-order valence-electron chi connectivity index (χ0n) is 11.8. The molecule has 2 aliphatic rings. The largest absolute Gasteiger partial charge is 0.313 e. The van der Waals surface area contributed by atoms with E-state index in [1.807, 2.05) is 0 Å². The lowest BCUT2D eigenvalue weighted by molar-refractivity contribution is 0.121. The maximum atomic E-state index is 3.68. The minimum absolute atomic E-state index is 0.751. The lowest BCUT2D eigenvalue weighted by atomic mass is 10.0. The van der Waals surface area contributed by atoms with E-state index in [1.165, 1.54) is 45.3 Å². The molecule has 3 heteroatoms. The summed E-state index contributed by atoms with van der Waals surface area (Å²) in [6.07, 6.45) is 5.64. The quantitative estimate of drug-likeness (QED) is 0.756. The summed E-state index contributed by atoms with van der Waals surface area (Å²) in [5.74, 6) is 0.967. The zero-order valence-corrected chi connectivity index (χ0v) is 11.8. The number of nitrogens with zero attached hydrogens (tertiary/aromatic N) is 2. The first-order valence-electron chi connectivity index (χ1n) is 7.33. The average molecular weight is 239 g/mol. The molecule has 1 N–H and O–H groups in total. The summed E-state index contributed by atoms with van der Waals surface area (Å²) in [6.45, 7) is 7.18. The molecule has 0 amide bonds. The van der Waals surface area contributed by atoms with Crippen LogP contribution in [0.4, 0.5) is 0 Å². The van der Waals surface area contributed by atoms with Crippen LogP contribution in [0.3, 0.4) is 0 Å². The van der Waals surface area contributed by atoms with Crippen molar-refractivity contribution in [2.75, 3.05) is 40.3 Å². The van der Waals surface area contributed by atoms with Crippen molar-refractivity contribution in [2.45, 2.75) is 44.7 Å². The number of rotatable bonds is 6. The van der Waals surface area contributed by atoms with E-state index in [9.17, 15) is 0 Å². The van der Waals surface area contributed by atoms with Gasteiger partial charge in [-0.25, -0.2) is 0 Å². The SMILES string of the molecule is CCNC(CN1CCCC(N(C)C)C1)C1CC1. The van der Waals surface area contributed by atoms with Crippen LogP contribution in [0.25, 0.3) is 0 Å². The number of likely N-dealkylation sites (N-methyl/N-ethyl adjacent to an activating group) is 2. The monoisotopic (exact) mass is 239 g/mol. The first-order valence-corrected chi connectivity index (χ1v) is 7.33. The third-order valence-electron chi connectivity index (χ3n) is 4.32. The molecule has 1 saturated heterocycles. The molecule has 0 bridgehead atoms. The van der Waals surface area contributed by atoms with Crippen LogP contribution >= 0.6 is 0 Å². The molecule has 1 aliphatic heterocycles. The molecule has 2 fully saturated rings. The van der Waals surface area contributed by atoms with Crippen LogP contribution < -0.4 is 5.32 Å². The van der Waals surface area contributed by atoms with E-state index in [2.05, 4.69) is 36.1 Å². The van der Waals surface area contributed by atoms with Gasteiger partial charge in [0.05, 0.1) is 0 Å². The highest BCUT2D eigenvalue weighted by Gasteiger charge is 2.33. The first kappa shape index (κ1) is 13.3. The lowest BCUT2D eigenvalue weighted by Crippen LogP contribution is -2.50. The summed E-state index contributed by atoms with van der Waals surface area (Å²) in [7, 11) is 4.44. The second kappa shape index (κ2) is 6.17. The van der Waals surface area contributed by atoms with E-state index in [4.69, 9.17) is 0 Å². The fourth-order valence-electron chi connectivity index (χ4n) is 3.04. The summed E-state index contributed by atoms with van der Waals surface area (Å²) < 4.78 is 0. The first-order chi connectivity index (χ1) is 8.20. The Bertz CT molecular complexity index is 226. The Morgan fingerprint density at radius 3 is 2.65 bits per heavy atom. The van der Waals surface area contributed by atoms with Gasteiger partial charge < -0.3 is 15.1 Å². The molecular formula is C14H29N3. The van der Waals surface area contributed by atoms with Crippen molar-refractivity contribution in [1.82, 2.24) is 15.1 Å². The summed E-state index contributed by atoms with van der Waals surface area (Å²) >= 11 is 0. The van der Waals surface area contributed by atoms with Crippen LogP contribution in [0, 0.1) is 5.92 Å². The van der Waals surface area contributed by atoms with E-state index < -0.39 is 0 Å². The Morgan fingerprint density at radius 1 is 1.29 bits per heavy atom. The molecule has 0 radical (unpaired) electrons. The second-order valence-electron chi connectivity index (χ2n) is 6.02. The fraction of sp³-hybridized carbons (Fsp3) is 1.00. The van der Waals surface area contributed by atoms with Gasteiger partial charge in [-0.05, 0) is 58.8 Å². The maximum absolute atomic E-state index is 3.68. The lowest BCUT2D eigenvalue weighted by Gasteiger charge is -2.38. The van der Waals surface area contributed by atoms with Crippen LogP contribution in [0.5, 0.6) is 0 Å². The average Bonchev–Trinajstić information content (AvgIpc) is 3.13. The molecule has 1 aliphatic carbocycles. The van der Waals surface area contributed by atoms with Crippen molar-refractivity contribution in [3.05, 3.63) is 0 Å². The standard InChI is InChI=1S/C14H29N3/c1-4-15-14(12-7-8-12)11-17-9-5-6-13(10-17)16(2)3/h12-15H,4-11H2,1-3H3. The van der Waals surface area contributed by atoms with Crippen molar-refractivity contribution in [1.29, 1.82) is 0 Å². The van der Waals surface area contributed by atoms with Crippen molar-refractivity contribution >= 4 is 0 Å². The molecule has 1 heterocycles. The molecule has 0 aromatic heterocycles. The van der Waals surface area contributed by atoms with Gasteiger partial charge in [-0.3, -0.25) is 0 Å². The summed E-state index contributed by atoms with van der Waals surface area (Å²) in [5, 5.41) is 3.68. The van der Waals surface area contributed by atoms with E-state index >= 15 is 0 Å². The summed E-state index contributed by atoms with van der Waals surface area (Å²) in [5.41, 5.74) is 0. The Kier molecular flexibility index (Phi) is 4.83.